The molecule has 1 saturated heterocycles. The van der Waals surface area contributed by atoms with Crippen molar-refractivity contribution in [1.29, 1.82) is 0 Å². The maximum absolute atomic E-state index is 12.7. The fourth-order valence-electron chi connectivity index (χ4n) is 4.79. The molecule has 1 aromatic heterocycles. The van der Waals surface area contributed by atoms with E-state index in [4.69, 9.17) is 0 Å². The Kier molecular flexibility index (Phi) is 8.48. The Morgan fingerprint density at radius 2 is 1.70 bits per heavy atom. The number of anilines is 1. The molecule has 2 amide bonds. The number of carbonyl (C=O) groups is 2. The van der Waals surface area contributed by atoms with Gasteiger partial charge >= 0.3 is 6.61 Å². The van der Waals surface area contributed by atoms with Crippen LogP contribution < -0.4 is 10.1 Å². The molecule has 0 bridgehead atoms. The molecule has 4 rings (SSSR count). The predicted molar refractivity (Wildman–Crippen MR) is 138 cm³/mol. The van der Waals surface area contributed by atoms with E-state index in [2.05, 4.69) is 47.1 Å². The number of amides is 2. The van der Waals surface area contributed by atoms with E-state index in [1.54, 1.807) is 4.90 Å². The van der Waals surface area contributed by atoms with Crippen molar-refractivity contribution >= 4 is 17.5 Å². The van der Waals surface area contributed by atoms with Crippen molar-refractivity contribution in [1.82, 2.24) is 9.88 Å². The Morgan fingerprint density at radius 3 is 2.30 bits per heavy atom. The highest BCUT2D eigenvalue weighted by molar-refractivity contribution is 5.92. The van der Waals surface area contributed by atoms with Gasteiger partial charge in [-0.15, -0.1) is 0 Å². The van der Waals surface area contributed by atoms with E-state index in [1.807, 2.05) is 24.3 Å². The van der Waals surface area contributed by atoms with Gasteiger partial charge in [0.15, 0.2) is 0 Å². The van der Waals surface area contributed by atoms with Crippen LogP contribution in [-0.4, -0.2) is 41.4 Å². The fourth-order valence-corrected chi connectivity index (χ4v) is 4.79. The maximum atomic E-state index is 12.7. The van der Waals surface area contributed by atoms with E-state index in [0.717, 1.165) is 24.7 Å². The van der Waals surface area contributed by atoms with Crippen molar-refractivity contribution in [2.24, 2.45) is 0 Å². The summed E-state index contributed by atoms with van der Waals surface area (Å²) in [7, 11) is 0. The summed E-state index contributed by atoms with van der Waals surface area (Å²) in [6.07, 6.45) is 3.87. The number of nitrogens with one attached hydrogen (secondary N) is 1. The largest absolute Gasteiger partial charge is 0.433 e. The van der Waals surface area contributed by atoms with E-state index in [0.29, 0.717) is 31.8 Å². The summed E-state index contributed by atoms with van der Waals surface area (Å²) in [5.74, 6) is 0.00136. The molecule has 0 unspecified atom stereocenters. The van der Waals surface area contributed by atoms with E-state index < -0.39 is 6.61 Å². The van der Waals surface area contributed by atoms with Crippen LogP contribution in [0.15, 0.2) is 60.8 Å². The Bertz CT molecular complexity index is 1200. The normalized spacial score (nSPS) is 14.0. The number of halogens is 2. The summed E-state index contributed by atoms with van der Waals surface area (Å²) in [4.78, 5) is 30.9. The highest BCUT2D eigenvalue weighted by Gasteiger charge is 2.25. The van der Waals surface area contributed by atoms with Crippen LogP contribution >= 0.6 is 0 Å². The van der Waals surface area contributed by atoms with E-state index in [9.17, 15) is 18.4 Å². The number of ether oxygens (including phenoxy) is 1. The van der Waals surface area contributed by atoms with Gasteiger partial charge in [-0.1, -0.05) is 41.5 Å². The molecule has 0 aliphatic carbocycles. The number of pyridine rings is 1. The molecule has 1 fully saturated rings. The lowest BCUT2D eigenvalue weighted by atomic mass is 9.89. The van der Waals surface area contributed by atoms with Crippen molar-refractivity contribution in [2.75, 3.05) is 18.4 Å². The van der Waals surface area contributed by atoms with Gasteiger partial charge in [-0.2, -0.15) is 8.78 Å². The summed E-state index contributed by atoms with van der Waals surface area (Å²) in [5.41, 5.74) is 5.72. The number of piperidine rings is 1. The first-order valence-electron chi connectivity index (χ1n) is 12.4. The number of nitrogens with zero attached hydrogens (tertiary/aromatic N) is 2. The monoisotopic (exact) mass is 507 g/mol. The number of aromatic nitrogens is 1. The molecule has 0 saturated carbocycles. The average Bonchev–Trinajstić information content (AvgIpc) is 2.87. The smallest absolute Gasteiger partial charge is 0.387 e. The van der Waals surface area contributed by atoms with E-state index >= 15 is 0 Å². The zero-order valence-corrected chi connectivity index (χ0v) is 21.0. The molecule has 2 aromatic carbocycles. The number of aryl methyl sites for hydroxylation is 3. The molecule has 6 nitrogen and oxygen atoms in total. The minimum Gasteiger partial charge on any atom is -0.433 e. The highest BCUT2D eigenvalue weighted by Crippen LogP contribution is 2.29. The lowest BCUT2D eigenvalue weighted by Gasteiger charge is -2.32. The highest BCUT2D eigenvalue weighted by atomic mass is 19.3. The predicted octanol–water partition coefficient (Wildman–Crippen LogP) is 5.89. The quantitative estimate of drug-likeness (QED) is 0.413. The lowest BCUT2D eigenvalue weighted by Crippen LogP contribution is -2.38. The molecule has 0 atom stereocenters. The van der Waals surface area contributed by atoms with Gasteiger partial charge in [-0.3, -0.25) is 9.59 Å². The van der Waals surface area contributed by atoms with Gasteiger partial charge < -0.3 is 15.0 Å². The maximum Gasteiger partial charge on any atom is 0.387 e. The number of likely N-dealkylation sites (tertiary alicyclic amines) is 1. The Hall–Kier alpha value is -3.81. The third-order valence-electron chi connectivity index (χ3n) is 6.55. The van der Waals surface area contributed by atoms with Crippen LogP contribution in [0.3, 0.4) is 0 Å². The van der Waals surface area contributed by atoms with Gasteiger partial charge in [0.2, 0.25) is 5.91 Å². The van der Waals surface area contributed by atoms with Gasteiger partial charge in [-0.25, -0.2) is 4.98 Å². The summed E-state index contributed by atoms with van der Waals surface area (Å²) in [6, 6.07) is 17.0. The van der Waals surface area contributed by atoms with E-state index in [-0.39, 0.29) is 23.3 Å². The molecule has 3 aromatic rings. The average molecular weight is 508 g/mol. The molecular weight excluding hydrogens is 476 g/mol. The van der Waals surface area contributed by atoms with Gasteiger partial charge in [0.25, 0.3) is 5.91 Å². The molecule has 8 heteroatoms. The number of carbonyl (C=O) groups excluding carboxylic acids is 2. The summed E-state index contributed by atoms with van der Waals surface area (Å²) < 4.78 is 28.9. The second-order valence-corrected chi connectivity index (χ2v) is 9.49. The van der Waals surface area contributed by atoms with Crippen LogP contribution in [0.5, 0.6) is 5.75 Å². The number of benzene rings is 2. The molecule has 37 heavy (non-hydrogen) atoms. The number of hydrogen-bond acceptors (Lipinski definition) is 4. The van der Waals surface area contributed by atoms with Crippen molar-refractivity contribution < 1.29 is 23.1 Å². The van der Waals surface area contributed by atoms with Crippen molar-refractivity contribution in [3.8, 4) is 5.75 Å². The minimum atomic E-state index is -2.93. The Balaban J connectivity index is 1.24. The van der Waals surface area contributed by atoms with Crippen molar-refractivity contribution in [3.05, 3.63) is 88.7 Å². The van der Waals surface area contributed by atoms with Gasteiger partial charge in [0.1, 0.15) is 11.4 Å². The van der Waals surface area contributed by atoms with Gasteiger partial charge in [0, 0.05) is 25.2 Å². The zero-order valence-electron chi connectivity index (χ0n) is 21.0. The fraction of sp³-hybridized carbons (Fsp3) is 0.345. The molecule has 194 valence electrons. The molecule has 0 radical (unpaired) electrons. The van der Waals surface area contributed by atoms with Crippen LogP contribution in [0.1, 0.15) is 57.9 Å². The van der Waals surface area contributed by atoms with Gasteiger partial charge in [0.05, 0.1) is 6.20 Å². The van der Waals surface area contributed by atoms with Crippen LogP contribution in [0.2, 0.25) is 0 Å². The third kappa shape index (κ3) is 7.35. The standard InChI is InChI=1S/C29H31F2N3O3/c1-19-15-20(2)17-21(16-19)3-10-27(35)33-24-6-4-22(5-7-24)23-11-13-34(14-12-23)28(36)26-9-8-25(18-32-26)37-29(30)31/h4-9,15-18,23,29H,3,10-14H2,1-2H3,(H,33,35). The number of alkyl halides is 2. The number of hydrogen-bond donors (Lipinski definition) is 1. The first kappa shape index (κ1) is 26.3. The summed E-state index contributed by atoms with van der Waals surface area (Å²) in [5, 5.41) is 2.98. The zero-order chi connectivity index (χ0) is 26.4. The van der Waals surface area contributed by atoms with Crippen molar-refractivity contribution in [3.63, 3.8) is 0 Å². The van der Waals surface area contributed by atoms with Gasteiger partial charge in [-0.05, 0) is 74.4 Å². The van der Waals surface area contributed by atoms with Crippen LogP contribution in [-0.2, 0) is 11.2 Å². The molecule has 1 N–H and O–H groups in total. The van der Waals surface area contributed by atoms with E-state index in [1.165, 1.54) is 34.4 Å². The minimum absolute atomic E-state index is 0.0128. The molecule has 0 spiro atoms. The van der Waals surface area contributed by atoms with Crippen LogP contribution in [0.25, 0.3) is 0 Å². The molecular formula is C29H31F2N3O3. The van der Waals surface area contributed by atoms with Crippen molar-refractivity contribution in [2.45, 2.75) is 52.1 Å². The second-order valence-electron chi connectivity index (χ2n) is 9.49. The Morgan fingerprint density at radius 1 is 1.03 bits per heavy atom. The first-order chi connectivity index (χ1) is 17.8. The van der Waals surface area contributed by atoms with Crippen LogP contribution in [0, 0.1) is 13.8 Å². The lowest BCUT2D eigenvalue weighted by molar-refractivity contribution is -0.116. The Labute approximate surface area is 215 Å². The molecule has 1 aliphatic rings. The van der Waals surface area contributed by atoms with Crippen LogP contribution in [0.4, 0.5) is 14.5 Å². The topological polar surface area (TPSA) is 71.5 Å². The first-order valence-corrected chi connectivity index (χ1v) is 12.4. The molecule has 1 aliphatic heterocycles. The second kappa shape index (κ2) is 12.0. The SMILES string of the molecule is Cc1cc(C)cc(CCC(=O)Nc2ccc(C3CCN(C(=O)c4ccc(OC(F)F)cn4)CC3)cc2)c1. The number of rotatable bonds is 8. The molecule has 2 heterocycles. The summed E-state index contributed by atoms with van der Waals surface area (Å²) in [6.45, 7) is 2.36. The summed E-state index contributed by atoms with van der Waals surface area (Å²) >= 11 is 0. The third-order valence-corrected chi connectivity index (χ3v) is 6.55.